The summed E-state index contributed by atoms with van der Waals surface area (Å²) < 4.78 is 0. The molecule has 26 heavy (non-hydrogen) atoms. The Balaban J connectivity index is 1.35. The molecule has 0 N–H and O–H groups in total. The number of pyridine rings is 1. The van der Waals surface area contributed by atoms with Crippen molar-refractivity contribution in [1.29, 1.82) is 0 Å². The smallest absolute Gasteiger partial charge is 0.272 e. The van der Waals surface area contributed by atoms with Gasteiger partial charge >= 0.3 is 0 Å². The van der Waals surface area contributed by atoms with Gasteiger partial charge in [0, 0.05) is 25.3 Å². The largest absolute Gasteiger partial charge is 0.334 e. The lowest BCUT2D eigenvalue weighted by atomic mass is 9.87. The van der Waals surface area contributed by atoms with Crippen LogP contribution in [0, 0.1) is 5.92 Å². The number of amides is 1. The minimum absolute atomic E-state index is 0.111. The van der Waals surface area contributed by atoms with Crippen molar-refractivity contribution in [2.24, 2.45) is 5.92 Å². The lowest BCUT2D eigenvalue weighted by Crippen LogP contribution is -2.44. The monoisotopic (exact) mass is 349 g/mol. The van der Waals surface area contributed by atoms with E-state index in [0.717, 1.165) is 39.0 Å². The molecule has 0 spiro atoms. The molecular weight excluding hydrogens is 322 g/mol. The molecule has 1 aromatic heterocycles. The SMILES string of the molecule is O=C(c1ccccn1)N1CCC[C@H]1C1CCN(Cc2ccccc2)CC1. The number of nitrogens with zero attached hydrogens (tertiary/aromatic N) is 3. The zero-order chi connectivity index (χ0) is 17.8. The normalized spacial score (nSPS) is 21.8. The van der Waals surface area contributed by atoms with E-state index in [2.05, 4.69) is 45.1 Å². The number of likely N-dealkylation sites (tertiary alicyclic amines) is 2. The number of rotatable bonds is 4. The van der Waals surface area contributed by atoms with Gasteiger partial charge in [0.25, 0.3) is 5.91 Å². The molecule has 3 heterocycles. The number of carbonyl (C=O) groups excluding carboxylic acids is 1. The summed E-state index contributed by atoms with van der Waals surface area (Å²) in [5.41, 5.74) is 1.97. The molecule has 136 valence electrons. The Hall–Kier alpha value is -2.20. The number of aromatic nitrogens is 1. The minimum atomic E-state index is 0.111. The molecule has 2 aliphatic rings. The van der Waals surface area contributed by atoms with Crippen molar-refractivity contribution in [1.82, 2.24) is 14.8 Å². The summed E-state index contributed by atoms with van der Waals surface area (Å²) in [6, 6.07) is 16.7. The summed E-state index contributed by atoms with van der Waals surface area (Å²) in [4.78, 5) is 21.8. The van der Waals surface area contributed by atoms with Gasteiger partial charge in [-0.2, -0.15) is 0 Å². The molecule has 0 saturated carbocycles. The second-order valence-electron chi connectivity index (χ2n) is 7.52. The quantitative estimate of drug-likeness (QED) is 0.846. The molecule has 2 fully saturated rings. The lowest BCUT2D eigenvalue weighted by Gasteiger charge is -2.38. The van der Waals surface area contributed by atoms with E-state index in [0.29, 0.717) is 17.7 Å². The van der Waals surface area contributed by atoms with Crippen LogP contribution in [0.2, 0.25) is 0 Å². The molecule has 2 aliphatic heterocycles. The summed E-state index contributed by atoms with van der Waals surface area (Å²) >= 11 is 0. The second-order valence-corrected chi connectivity index (χ2v) is 7.52. The van der Waals surface area contributed by atoms with Crippen LogP contribution in [0.4, 0.5) is 0 Å². The fourth-order valence-corrected chi connectivity index (χ4v) is 4.51. The maximum absolute atomic E-state index is 12.9. The van der Waals surface area contributed by atoms with Gasteiger partial charge in [-0.15, -0.1) is 0 Å². The lowest BCUT2D eigenvalue weighted by molar-refractivity contribution is 0.0609. The minimum Gasteiger partial charge on any atom is -0.334 e. The summed E-state index contributed by atoms with van der Waals surface area (Å²) in [7, 11) is 0. The number of piperidine rings is 1. The molecule has 0 unspecified atom stereocenters. The van der Waals surface area contributed by atoms with Gasteiger partial charge in [-0.1, -0.05) is 36.4 Å². The van der Waals surface area contributed by atoms with Crippen molar-refractivity contribution in [3.63, 3.8) is 0 Å². The van der Waals surface area contributed by atoms with Gasteiger partial charge in [0.15, 0.2) is 0 Å². The van der Waals surface area contributed by atoms with Gasteiger partial charge in [0.1, 0.15) is 5.69 Å². The van der Waals surface area contributed by atoms with E-state index in [4.69, 9.17) is 0 Å². The van der Waals surface area contributed by atoms with E-state index in [1.54, 1.807) is 6.20 Å². The molecular formula is C22H27N3O. The van der Waals surface area contributed by atoms with Crippen LogP contribution in [0.5, 0.6) is 0 Å². The highest BCUT2D eigenvalue weighted by Crippen LogP contribution is 2.32. The van der Waals surface area contributed by atoms with Crippen LogP contribution in [-0.2, 0) is 6.54 Å². The first-order valence-corrected chi connectivity index (χ1v) is 9.79. The molecule has 2 saturated heterocycles. The Kier molecular flexibility index (Phi) is 5.30. The fraction of sp³-hybridized carbons (Fsp3) is 0.455. The highest BCUT2D eigenvalue weighted by molar-refractivity contribution is 5.92. The van der Waals surface area contributed by atoms with E-state index in [-0.39, 0.29) is 5.91 Å². The van der Waals surface area contributed by atoms with Gasteiger partial charge in [-0.25, -0.2) is 0 Å². The van der Waals surface area contributed by atoms with Crippen LogP contribution in [0.25, 0.3) is 0 Å². The van der Waals surface area contributed by atoms with Crippen LogP contribution in [0.15, 0.2) is 54.7 Å². The van der Waals surface area contributed by atoms with E-state index < -0.39 is 0 Å². The summed E-state index contributed by atoms with van der Waals surface area (Å²) in [5, 5.41) is 0. The molecule has 4 rings (SSSR count). The van der Waals surface area contributed by atoms with Gasteiger partial charge in [0.05, 0.1) is 0 Å². The first-order valence-electron chi connectivity index (χ1n) is 9.79. The maximum Gasteiger partial charge on any atom is 0.272 e. The molecule has 2 aromatic rings. The van der Waals surface area contributed by atoms with Crippen LogP contribution in [0.1, 0.15) is 41.7 Å². The topological polar surface area (TPSA) is 36.4 Å². The summed E-state index contributed by atoms with van der Waals surface area (Å²) in [6.45, 7) is 4.17. The van der Waals surface area contributed by atoms with Crippen molar-refractivity contribution >= 4 is 5.91 Å². The van der Waals surface area contributed by atoms with Crippen molar-refractivity contribution < 1.29 is 4.79 Å². The zero-order valence-corrected chi connectivity index (χ0v) is 15.3. The first-order chi connectivity index (χ1) is 12.8. The Bertz CT molecular complexity index is 711. The predicted molar refractivity (Wildman–Crippen MR) is 103 cm³/mol. The standard InChI is InChI=1S/C22H27N3O/c26-22(20-9-4-5-13-23-20)25-14-6-10-21(25)19-11-15-24(16-12-19)17-18-7-2-1-3-8-18/h1-5,7-9,13,19,21H,6,10-12,14-17H2/t21-/m0/s1. The van der Waals surface area contributed by atoms with Crippen molar-refractivity contribution in [3.05, 3.63) is 66.0 Å². The Morgan fingerprint density at radius 2 is 1.73 bits per heavy atom. The first kappa shape index (κ1) is 17.2. The highest BCUT2D eigenvalue weighted by Gasteiger charge is 2.36. The van der Waals surface area contributed by atoms with E-state index >= 15 is 0 Å². The van der Waals surface area contributed by atoms with Crippen LogP contribution >= 0.6 is 0 Å². The molecule has 4 heteroatoms. The molecule has 0 bridgehead atoms. The highest BCUT2D eigenvalue weighted by atomic mass is 16.2. The molecule has 0 aliphatic carbocycles. The van der Waals surface area contributed by atoms with Gasteiger partial charge < -0.3 is 4.90 Å². The van der Waals surface area contributed by atoms with Gasteiger partial charge in [-0.3, -0.25) is 14.7 Å². The van der Waals surface area contributed by atoms with E-state index in [1.165, 1.54) is 18.4 Å². The number of hydrogen-bond acceptors (Lipinski definition) is 3. The fourth-order valence-electron chi connectivity index (χ4n) is 4.51. The molecule has 1 amide bonds. The average Bonchev–Trinajstić information content (AvgIpc) is 3.19. The molecule has 1 aromatic carbocycles. The van der Waals surface area contributed by atoms with Crippen LogP contribution in [0.3, 0.4) is 0 Å². The van der Waals surface area contributed by atoms with Gasteiger partial charge in [-0.05, 0) is 62.4 Å². The van der Waals surface area contributed by atoms with E-state index in [1.807, 2.05) is 18.2 Å². The predicted octanol–water partition coefficient (Wildman–Crippen LogP) is 3.60. The van der Waals surface area contributed by atoms with Crippen LogP contribution < -0.4 is 0 Å². The molecule has 1 atom stereocenters. The van der Waals surface area contributed by atoms with Crippen molar-refractivity contribution in [3.8, 4) is 0 Å². The summed E-state index contributed by atoms with van der Waals surface area (Å²) in [6.07, 6.45) is 6.34. The maximum atomic E-state index is 12.9. The number of hydrogen-bond donors (Lipinski definition) is 0. The number of carbonyl (C=O) groups is 1. The third kappa shape index (κ3) is 3.80. The zero-order valence-electron chi connectivity index (χ0n) is 15.3. The second kappa shape index (κ2) is 8.00. The Morgan fingerprint density at radius 1 is 0.962 bits per heavy atom. The summed E-state index contributed by atoms with van der Waals surface area (Å²) in [5.74, 6) is 0.733. The van der Waals surface area contributed by atoms with Crippen molar-refractivity contribution in [2.75, 3.05) is 19.6 Å². The third-order valence-corrected chi connectivity index (χ3v) is 5.87. The molecule has 0 radical (unpaired) electrons. The Morgan fingerprint density at radius 3 is 2.46 bits per heavy atom. The third-order valence-electron chi connectivity index (χ3n) is 5.87. The number of benzene rings is 1. The van der Waals surface area contributed by atoms with E-state index in [9.17, 15) is 4.79 Å². The van der Waals surface area contributed by atoms with Crippen LogP contribution in [-0.4, -0.2) is 46.4 Å². The van der Waals surface area contributed by atoms with Gasteiger partial charge in [0.2, 0.25) is 0 Å². The van der Waals surface area contributed by atoms with Crippen molar-refractivity contribution in [2.45, 2.75) is 38.3 Å². The molecule has 4 nitrogen and oxygen atoms in total. The Labute approximate surface area is 155 Å². The average molecular weight is 349 g/mol.